The van der Waals surface area contributed by atoms with Crippen molar-refractivity contribution in [3.63, 3.8) is 0 Å². The van der Waals surface area contributed by atoms with Gasteiger partial charge in [-0.15, -0.1) is 0 Å². The number of halogens is 3. The predicted molar refractivity (Wildman–Crippen MR) is 114 cm³/mol. The number of benzene rings is 2. The molecule has 0 spiro atoms. The van der Waals surface area contributed by atoms with Gasteiger partial charge in [-0.2, -0.15) is 4.37 Å². The summed E-state index contributed by atoms with van der Waals surface area (Å²) < 4.78 is 6.43. The van der Waals surface area contributed by atoms with Crippen molar-refractivity contribution < 1.29 is 0 Å². The molecule has 4 aromatic rings. The molecule has 0 aliphatic carbocycles. The van der Waals surface area contributed by atoms with E-state index in [0.717, 1.165) is 34.7 Å². The fourth-order valence-corrected chi connectivity index (χ4v) is 3.74. The highest BCUT2D eigenvalue weighted by Gasteiger charge is 2.13. The standard InChI is InChI=1S/C19H13Cl3N4S/c20-13-2-4-14(5-3-13)26-18(24-17-11-27-25-19(17)26)10-23-8-7-12-1-6-15(21)16(22)9-12/h1-6,9-11H,7-8H2/b23-10+. The zero-order chi connectivity index (χ0) is 18.8. The lowest BCUT2D eigenvalue weighted by Gasteiger charge is -2.05. The normalized spacial score (nSPS) is 11.7. The van der Waals surface area contributed by atoms with Crippen LogP contribution >= 0.6 is 46.3 Å². The summed E-state index contributed by atoms with van der Waals surface area (Å²) in [5, 5.41) is 3.73. The Morgan fingerprint density at radius 3 is 2.63 bits per heavy atom. The number of aliphatic imine (C=N–C) groups is 1. The quantitative estimate of drug-likeness (QED) is 0.355. The van der Waals surface area contributed by atoms with Gasteiger partial charge in [-0.3, -0.25) is 9.56 Å². The molecule has 0 aliphatic heterocycles. The van der Waals surface area contributed by atoms with Crippen LogP contribution in [0.4, 0.5) is 0 Å². The fraction of sp³-hybridized carbons (Fsp3) is 0.105. The molecule has 0 atom stereocenters. The van der Waals surface area contributed by atoms with Crippen molar-refractivity contribution in [2.24, 2.45) is 4.99 Å². The zero-order valence-electron chi connectivity index (χ0n) is 13.9. The monoisotopic (exact) mass is 434 g/mol. The molecule has 2 heterocycles. The Bertz CT molecular complexity index is 1120. The van der Waals surface area contributed by atoms with Gasteiger partial charge < -0.3 is 0 Å². The number of rotatable bonds is 5. The highest BCUT2D eigenvalue weighted by Crippen LogP contribution is 2.24. The molecule has 4 nitrogen and oxygen atoms in total. The van der Waals surface area contributed by atoms with E-state index in [-0.39, 0.29) is 0 Å². The molecule has 0 fully saturated rings. The zero-order valence-corrected chi connectivity index (χ0v) is 17.0. The van der Waals surface area contributed by atoms with E-state index in [1.807, 2.05) is 46.3 Å². The Labute approximate surface area is 175 Å². The molecule has 2 aromatic carbocycles. The van der Waals surface area contributed by atoms with Crippen molar-refractivity contribution in [3.8, 4) is 5.69 Å². The summed E-state index contributed by atoms with van der Waals surface area (Å²) in [6.07, 6.45) is 2.54. The Balaban J connectivity index is 1.57. The van der Waals surface area contributed by atoms with Crippen molar-refractivity contribution in [2.45, 2.75) is 6.42 Å². The Kier molecular flexibility index (Phi) is 5.45. The van der Waals surface area contributed by atoms with E-state index in [2.05, 4.69) is 14.3 Å². The van der Waals surface area contributed by atoms with E-state index >= 15 is 0 Å². The number of hydrogen-bond donors (Lipinski definition) is 0. The highest BCUT2D eigenvalue weighted by atomic mass is 35.5. The Morgan fingerprint density at radius 2 is 1.85 bits per heavy atom. The molecule has 0 bridgehead atoms. The molecule has 27 heavy (non-hydrogen) atoms. The van der Waals surface area contributed by atoms with Crippen molar-refractivity contribution in [2.75, 3.05) is 6.54 Å². The molecule has 0 amide bonds. The van der Waals surface area contributed by atoms with Gasteiger partial charge in [-0.25, -0.2) is 4.98 Å². The van der Waals surface area contributed by atoms with Gasteiger partial charge in [0.05, 0.1) is 16.3 Å². The molecular formula is C19H13Cl3N4S. The van der Waals surface area contributed by atoms with Crippen LogP contribution in [0.2, 0.25) is 15.1 Å². The van der Waals surface area contributed by atoms with Gasteiger partial charge in [0, 0.05) is 22.6 Å². The molecular weight excluding hydrogens is 423 g/mol. The van der Waals surface area contributed by atoms with E-state index in [1.54, 1.807) is 12.3 Å². The van der Waals surface area contributed by atoms with Gasteiger partial charge in [0.2, 0.25) is 0 Å². The molecule has 0 aliphatic rings. The second kappa shape index (κ2) is 7.98. The van der Waals surface area contributed by atoms with Gasteiger partial charge in [0.25, 0.3) is 0 Å². The molecule has 0 radical (unpaired) electrons. The predicted octanol–water partition coefficient (Wildman–Crippen LogP) is 6.10. The fourth-order valence-electron chi connectivity index (χ4n) is 2.71. The maximum atomic E-state index is 6.06. The lowest BCUT2D eigenvalue weighted by molar-refractivity contribution is 0.966. The Morgan fingerprint density at radius 1 is 1.04 bits per heavy atom. The van der Waals surface area contributed by atoms with Gasteiger partial charge in [-0.1, -0.05) is 40.9 Å². The number of imidazole rings is 1. The molecule has 0 saturated carbocycles. The van der Waals surface area contributed by atoms with Crippen molar-refractivity contribution in [3.05, 3.63) is 74.3 Å². The molecule has 0 saturated heterocycles. The van der Waals surface area contributed by atoms with Crippen molar-refractivity contribution >= 4 is 63.7 Å². The second-order valence-electron chi connectivity index (χ2n) is 5.84. The number of aromatic nitrogens is 3. The SMILES string of the molecule is Clc1ccc(-n2c(/C=N/CCc3ccc(Cl)c(Cl)c3)nc3csnc32)cc1. The van der Waals surface area contributed by atoms with Gasteiger partial charge in [0.1, 0.15) is 5.52 Å². The third-order valence-corrected chi connectivity index (χ3v) is 5.61. The highest BCUT2D eigenvalue weighted by molar-refractivity contribution is 7.04. The molecule has 0 unspecified atom stereocenters. The summed E-state index contributed by atoms with van der Waals surface area (Å²) in [4.78, 5) is 9.16. The van der Waals surface area contributed by atoms with Crippen LogP contribution in [0.1, 0.15) is 11.4 Å². The average Bonchev–Trinajstić information content (AvgIpc) is 3.23. The topological polar surface area (TPSA) is 43.1 Å². The van der Waals surface area contributed by atoms with Gasteiger partial charge in [0.15, 0.2) is 11.5 Å². The molecule has 8 heteroatoms. The van der Waals surface area contributed by atoms with E-state index in [4.69, 9.17) is 34.8 Å². The Hall–Kier alpha value is -1.92. The average molecular weight is 436 g/mol. The van der Waals surface area contributed by atoms with Crippen LogP contribution in [-0.2, 0) is 6.42 Å². The molecule has 4 rings (SSSR count). The van der Waals surface area contributed by atoms with Gasteiger partial charge in [-0.05, 0) is 59.9 Å². The van der Waals surface area contributed by atoms with E-state index in [9.17, 15) is 0 Å². The van der Waals surface area contributed by atoms with Crippen molar-refractivity contribution in [1.82, 2.24) is 13.9 Å². The summed E-state index contributed by atoms with van der Waals surface area (Å²) in [6.45, 7) is 0.617. The lowest BCUT2D eigenvalue weighted by atomic mass is 10.1. The minimum absolute atomic E-state index is 0.557. The first-order valence-corrected chi connectivity index (χ1v) is 10.1. The lowest BCUT2D eigenvalue weighted by Crippen LogP contribution is -2.01. The first kappa shape index (κ1) is 18.4. The maximum absolute atomic E-state index is 6.06. The minimum Gasteiger partial charge on any atom is -0.289 e. The summed E-state index contributed by atoms with van der Waals surface area (Å²) in [6, 6.07) is 13.2. The first-order valence-electron chi connectivity index (χ1n) is 8.14. The smallest absolute Gasteiger partial charge is 0.178 e. The number of fused-ring (bicyclic) bond motifs is 1. The largest absolute Gasteiger partial charge is 0.289 e. The van der Waals surface area contributed by atoms with Gasteiger partial charge >= 0.3 is 0 Å². The summed E-state index contributed by atoms with van der Waals surface area (Å²) in [5.74, 6) is 0.733. The second-order valence-corrected chi connectivity index (χ2v) is 7.72. The van der Waals surface area contributed by atoms with Crippen LogP contribution in [0.3, 0.4) is 0 Å². The molecule has 2 aromatic heterocycles. The summed E-state index contributed by atoms with van der Waals surface area (Å²) >= 11 is 19.4. The first-order chi connectivity index (χ1) is 13.1. The van der Waals surface area contributed by atoms with Crippen LogP contribution in [0.25, 0.3) is 16.9 Å². The number of nitrogens with zero attached hydrogens (tertiary/aromatic N) is 4. The van der Waals surface area contributed by atoms with Crippen LogP contribution in [0, 0.1) is 0 Å². The number of hydrogen-bond acceptors (Lipinski definition) is 4. The molecule has 0 N–H and O–H groups in total. The summed E-state index contributed by atoms with van der Waals surface area (Å²) in [5.41, 5.74) is 3.69. The van der Waals surface area contributed by atoms with E-state index < -0.39 is 0 Å². The van der Waals surface area contributed by atoms with Crippen LogP contribution < -0.4 is 0 Å². The van der Waals surface area contributed by atoms with Crippen LogP contribution in [-0.4, -0.2) is 26.7 Å². The molecule has 136 valence electrons. The third-order valence-electron chi connectivity index (χ3n) is 4.01. The van der Waals surface area contributed by atoms with E-state index in [1.165, 1.54) is 11.5 Å². The van der Waals surface area contributed by atoms with Crippen molar-refractivity contribution in [1.29, 1.82) is 0 Å². The minimum atomic E-state index is 0.557. The maximum Gasteiger partial charge on any atom is 0.178 e. The van der Waals surface area contributed by atoms with Crippen LogP contribution in [0.5, 0.6) is 0 Å². The third kappa shape index (κ3) is 4.01. The summed E-state index contributed by atoms with van der Waals surface area (Å²) in [7, 11) is 0. The van der Waals surface area contributed by atoms with E-state index in [0.29, 0.717) is 21.6 Å². The van der Waals surface area contributed by atoms with Crippen LogP contribution in [0.15, 0.2) is 52.8 Å².